The molecular formula is C50H94N2O2. The highest BCUT2D eigenvalue weighted by molar-refractivity contribution is 5.67. The number of unbranched alkanes of at least 4 members (excludes halogenated alkanes) is 22. The topological polar surface area (TPSA) is 32.8 Å². The Bertz CT molecular complexity index is 876. The van der Waals surface area contributed by atoms with Gasteiger partial charge in [0.25, 0.3) is 0 Å². The Morgan fingerprint density at radius 2 is 0.778 bits per heavy atom. The molecule has 1 atom stereocenters. The van der Waals surface area contributed by atoms with Gasteiger partial charge in [0.2, 0.25) is 0 Å². The molecule has 0 fully saturated rings. The monoisotopic (exact) mass is 755 g/mol. The van der Waals surface area contributed by atoms with Crippen LogP contribution in [0.25, 0.3) is 0 Å². The summed E-state index contributed by atoms with van der Waals surface area (Å²) in [7, 11) is 4.23. The van der Waals surface area contributed by atoms with Crippen molar-refractivity contribution < 1.29 is 9.53 Å². The lowest BCUT2D eigenvalue weighted by atomic mass is 10.0. The van der Waals surface area contributed by atoms with E-state index in [-0.39, 0.29) is 12.2 Å². The third kappa shape index (κ3) is 39.9. The van der Waals surface area contributed by atoms with E-state index < -0.39 is 0 Å². The average Bonchev–Trinajstić information content (AvgIpc) is 3.16. The van der Waals surface area contributed by atoms with Gasteiger partial charge in [-0.3, -0.25) is 0 Å². The normalized spacial score (nSPS) is 12.8. The van der Waals surface area contributed by atoms with Crippen molar-refractivity contribution in [1.29, 1.82) is 0 Å². The lowest BCUT2D eigenvalue weighted by molar-refractivity contribution is 0.0513. The fourth-order valence-corrected chi connectivity index (χ4v) is 6.98. The van der Waals surface area contributed by atoms with Gasteiger partial charge in [0.1, 0.15) is 6.10 Å². The van der Waals surface area contributed by atoms with Gasteiger partial charge < -0.3 is 14.5 Å². The zero-order valence-electron chi connectivity index (χ0n) is 37.2. The van der Waals surface area contributed by atoms with Crippen molar-refractivity contribution in [2.75, 3.05) is 33.7 Å². The highest BCUT2D eigenvalue weighted by Crippen LogP contribution is 2.19. The maximum atomic E-state index is 13.6. The Labute approximate surface area is 339 Å². The molecule has 0 aromatic carbocycles. The molecule has 0 rings (SSSR count). The summed E-state index contributed by atoms with van der Waals surface area (Å²) in [5, 5.41) is 0. The fourth-order valence-electron chi connectivity index (χ4n) is 6.98. The standard InChI is InChI=1S/C50H94N2O2/c1-6-9-12-15-17-19-21-23-25-26-28-30-32-34-36-38-41-45-49(44-40-37-35-33-31-29-27-24-22-20-18-16-13-10-7-2)54-50(53)52(48-43-46-51(4)5)47-42-39-14-11-8-3/h17-20,23-25,27,49H,6-16,21-22,26,28-48H2,1-5H3/b19-17-,20-18-,25-23-,27-24-. The first-order valence-electron chi connectivity index (χ1n) is 23.7. The first-order chi connectivity index (χ1) is 26.5. The first kappa shape index (κ1) is 52.2. The minimum atomic E-state index is -0.0612. The summed E-state index contributed by atoms with van der Waals surface area (Å²) >= 11 is 0. The summed E-state index contributed by atoms with van der Waals surface area (Å²) in [5.41, 5.74) is 0. The third-order valence-corrected chi connectivity index (χ3v) is 10.5. The van der Waals surface area contributed by atoms with Crippen LogP contribution in [-0.2, 0) is 4.74 Å². The number of carbonyl (C=O) groups excluding carboxylic acids is 1. The summed E-state index contributed by atoms with van der Waals surface area (Å²) in [6.45, 7) is 9.42. The molecule has 0 radical (unpaired) electrons. The number of ether oxygens (including phenoxy) is 1. The molecule has 0 aliphatic carbocycles. The van der Waals surface area contributed by atoms with Crippen molar-refractivity contribution >= 4 is 6.09 Å². The molecule has 0 aliphatic heterocycles. The highest BCUT2D eigenvalue weighted by Gasteiger charge is 2.20. The Balaban J connectivity index is 4.61. The summed E-state index contributed by atoms with van der Waals surface area (Å²) in [6, 6.07) is 0. The molecule has 316 valence electrons. The van der Waals surface area contributed by atoms with Gasteiger partial charge in [0.15, 0.2) is 0 Å². The molecule has 0 spiro atoms. The van der Waals surface area contributed by atoms with Crippen molar-refractivity contribution in [2.45, 2.75) is 232 Å². The van der Waals surface area contributed by atoms with E-state index in [1.165, 1.54) is 161 Å². The molecule has 4 nitrogen and oxygen atoms in total. The second kappa shape index (κ2) is 43.9. The van der Waals surface area contributed by atoms with Gasteiger partial charge in [0.05, 0.1) is 0 Å². The number of carbonyl (C=O) groups is 1. The SMILES string of the molecule is CCCCC/C=C\C/C=C\CCCCCCCCCC(CCCCCCC/C=C\C/C=C\CCCCC)OC(=O)N(CCCCCCC)CCCN(C)C. The van der Waals surface area contributed by atoms with E-state index in [4.69, 9.17) is 4.74 Å². The molecule has 1 unspecified atom stereocenters. The molecule has 4 heteroatoms. The quantitative estimate of drug-likeness (QED) is 0.0460. The summed E-state index contributed by atoms with van der Waals surface area (Å²) in [5.74, 6) is 0. The van der Waals surface area contributed by atoms with Crippen LogP contribution < -0.4 is 0 Å². The Hall–Kier alpha value is -1.81. The van der Waals surface area contributed by atoms with Crippen molar-refractivity contribution in [3.05, 3.63) is 48.6 Å². The van der Waals surface area contributed by atoms with E-state index in [0.717, 1.165) is 64.6 Å². The van der Waals surface area contributed by atoms with Gasteiger partial charge >= 0.3 is 6.09 Å². The van der Waals surface area contributed by atoms with Gasteiger partial charge in [-0.05, 0) is 123 Å². The summed E-state index contributed by atoms with van der Waals surface area (Å²) in [4.78, 5) is 17.8. The molecule has 0 aliphatic rings. The predicted molar refractivity (Wildman–Crippen MR) is 242 cm³/mol. The lowest BCUT2D eigenvalue weighted by Gasteiger charge is -2.26. The number of nitrogens with zero attached hydrogens (tertiary/aromatic N) is 2. The summed E-state index contributed by atoms with van der Waals surface area (Å²) in [6.07, 6.45) is 58.2. The minimum Gasteiger partial charge on any atom is -0.446 e. The van der Waals surface area contributed by atoms with Crippen LogP contribution in [0.5, 0.6) is 0 Å². The second-order valence-electron chi connectivity index (χ2n) is 16.3. The molecule has 0 saturated carbocycles. The van der Waals surface area contributed by atoms with Crippen LogP contribution in [0, 0.1) is 0 Å². The highest BCUT2D eigenvalue weighted by atomic mass is 16.6. The van der Waals surface area contributed by atoms with Crippen LogP contribution in [0.1, 0.15) is 226 Å². The average molecular weight is 755 g/mol. The zero-order valence-corrected chi connectivity index (χ0v) is 37.2. The molecule has 0 saturated heterocycles. The molecule has 0 bridgehead atoms. The van der Waals surface area contributed by atoms with Crippen LogP contribution in [0.15, 0.2) is 48.6 Å². The number of rotatable bonds is 41. The van der Waals surface area contributed by atoms with E-state index in [1.54, 1.807) is 0 Å². The van der Waals surface area contributed by atoms with E-state index >= 15 is 0 Å². The van der Waals surface area contributed by atoms with Crippen LogP contribution >= 0.6 is 0 Å². The predicted octanol–water partition coefficient (Wildman–Crippen LogP) is 16.1. The van der Waals surface area contributed by atoms with Gasteiger partial charge in [0, 0.05) is 13.1 Å². The molecule has 1 amide bonds. The van der Waals surface area contributed by atoms with Crippen molar-refractivity contribution in [2.24, 2.45) is 0 Å². The van der Waals surface area contributed by atoms with Crippen molar-refractivity contribution in [3.63, 3.8) is 0 Å². The number of amides is 1. The third-order valence-electron chi connectivity index (χ3n) is 10.5. The van der Waals surface area contributed by atoms with E-state index in [1.807, 2.05) is 4.90 Å². The largest absolute Gasteiger partial charge is 0.446 e. The van der Waals surface area contributed by atoms with Crippen LogP contribution in [0.4, 0.5) is 4.79 Å². The Morgan fingerprint density at radius 1 is 0.426 bits per heavy atom. The van der Waals surface area contributed by atoms with Crippen molar-refractivity contribution in [3.8, 4) is 0 Å². The summed E-state index contributed by atoms with van der Waals surface area (Å²) < 4.78 is 6.34. The lowest BCUT2D eigenvalue weighted by Crippen LogP contribution is -2.37. The molecule has 0 heterocycles. The minimum absolute atomic E-state index is 0.0601. The number of allylic oxidation sites excluding steroid dienone is 8. The van der Waals surface area contributed by atoms with Crippen LogP contribution in [0.3, 0.4) is 0 Å². The Kier molecular flexibility index (Phi) is 42.4. The first-order valence-corrected chi connectivity index (χ1v) is 23.7. The Morgan fingerprint density at radius 3 is 1.22 bits per heavy atom. The maximum Gasteiger partial charge on any atom is 0.410 e. The molecule has 0 aromatic rings. The zero-order chi connectivity index (χ0) is 39.4. The second-order valence-corrected chi connectivity index (χ2v) is 16.3. The van der Waals surface area contributed by atoms with E-state index in [0.29, 0.717) is 0 Å². The maximum absolute atomic E-state index is 13.6. The van der Waals surface area contributed by atoms with Crippen LogP contribution in [0.2, 0.25) is 0 Å². The van der Waals surface area contributed by atoms with E-state index in [2.05, 4.69) is 88.4 Å². The van der Waals surface area contributed by atoms with Gasteiger partial charge in [-0.15, -0.1) is 0 Å². The fraction of sp³-hybridized carbons (Fsp3) is 0.820. The number of hydrogen-bond acceptors (Lipinski definition) is 3. The molecular weight excluding hydrogens is 661 g/mol. The van der Waals surface area contributed by atoms with Gasteiger partial charge in [-0.25, -0.2) is 4.79 Å². The number of hydrogen-bond donors (Lipinski definition) is 0. The van der Waals surface area contributed by atoms with Crippen LogP contribution in [-0.4, -0.2) is 55.7 Å². The smallest absolute Gasteiger partial charge is 0.410 e. The molecule has 0 N–H and O–H groups in total. The molecule has 54 heavy (non-hydrogen) atoms. The van der Waals surface area contributed by atoms with Crippen molar-refractivity contribution in [1.82, 2.24) is 9.80 Å². The van der Waals surface area contributed by atoms with Gasteiger partial charge in [-0.2, -0.15) is 0 Å². The van der Waals surface area contributed by atoms with E-state index in [9.17, 15) is 4.79 Å². The molecule has 0 aromatic heterocycles. The van der Waals surface area contributed by atoms with Gasteiger partial charge in [-0.1, -0.05) is 172 Å².